The van der Waals surface area contributed by atoms with Gasteiger partial charge in [-0.3, -0.25) is 0 Å². The summed E-state index contributed by atoms with van der Waals surface area (Å²) in [5, 5.41) is 4.69. The monoisotopic (exact) mass is 245 g/mol. The van der Waals surface area contributed by atoms with Gasteiger partial charge in [-0.2, -0.15) is 0 Å². The van der Waals surface area contributed by atoms with Crippen molar-refractivity contribution < 1.29 is 4.74 Å². The van der Waals surface area contributed by atoms with Crippen molar-refractivity contribution in [1.82, 2.24) is 15.3 Å². The molecule has 96 valence electrons. The van der Waals surface area contributed by atoms with Crippen molar-refractivity contribution in [3.05, 3.63) is 30.1 Å². The molecule has 3 rings (SSSR count). The number of hydrogen-bond acceptors (Lipinski definition) is 3. The van der Waals surface area contributed by atoms with Gasteiger partial charge in [0.05, 0.1) is 5.60 Å². The normalized spacial score (nSPS) is 23.8. The zero-order valence-corrected chi connectivity index (χ0v) is 10.7. The van der Waals surface area contributed by atoms with Crippen LogP contribution < -0.4 is 5.32 Å². The molecule has 1 fully saturated rings. The number of rotatable bonds is 4. The van der Waals surface area contributed by atoms with Crippen molar-refractivity contribution in [2.45, 2.75) is 31.9 Å². The van der Waals surface area contributed by atoms with E-state index in [4.69, 9.17) is 4.74 Å². The highest BCUT2D eigenvalue weighted by Gasteiger charge is 2.28. The van der Waals surface area contributed by atoms with E-state index in [0.29, 0.717) is 0 Å². The van der Waals surface area contributed by atoms with Gasteiger partial charge in [0.25, 0.3) is 0 Å². The highest BCUT2D eigenvalue weighted by atomic mass is 16.5. The Kier molecular flexibility index (Phi) is 3.06. The van der Waals surface area contributed by atoms with Crippen LogP contribution in [0.1, 0.15) is 25.3 Å². The quantitative estimate of drug-likeness (QED) is 0.868. The fourth-order valence-corrected chi connectivity index (χ4v) is 2.60. The number of H-pyrrole nitrogens is 1. The Morgan fingerprint density at radius 2 is 2.50 bits per heavy atom. The summed E-state index contributed by atoms with van der Waals surface area (Å²) in [4.78, 5) is 7.49. The first-order valence-corrected chi connectivity index (χ1v) is 6.53. The summed E-state index contributed by atoms with van der Waals surface area (Å²) < 4.78 is 5.76. The van der Waals surface area contributed by atoms with E-state index in [2.05, 4.69) is 28.3 Å². The fraction of sp³-hybridized carbons (Fsp3) is 0.500. The lowest BCUT2D eigenvalue weighted by molar-refractivity contribution is 0.0207. The van der Waals surface area contributed by atoms with E-state index in [1.165, 1.54) is 17.4 Å². The molecule has 0 aromatic carbocycles. The Hall–Kier alpha value is -1.39. The standard InChI is InChI=1S/C14H19N3O/c1-14(5-3-7-18-14)10-15-8-11-9-17-13-12(11)4-2-6-16-13/h2,4,6,9,15H,3,5,7-8,10H2,1H3,(H,16,17). The summed E-state index contributed by atoms with van der Waals surface area (Å²) in [5.41, 5.74) is 2.24. The molecule has 0 bridgehead atoms. The Bertz CT molecular complexity index is 529. The van der Waals surface area contributed by atoms with E-state index >= 15 is 0 Å². The van der Waals surface area contributed by atoms with Crippen LogP contribution in [-0.2, 0) is 11.3 Å². The molecule has 4 heteroatoms. The molecule has 1 saturated heterocycles. The predicted octanol–water partition coefficient (Wildman–Crippen LogP) is 2.22. The Balaban J connectivity index is 1.63. The average molecular weight is 245 g/mol. The van der Waals surface area contributed by atoms with Crippen LogP contribution in [0.15, 0.2) is 24.5 Å². The Morgan fingerprint density at radius 3 is 3.33 bits per heavy atom. The number of pyridine rings is 1. The minimum absolute atomic E-state index is 0.0182. The van der Waals surface area contributed by atoms with Crippen molar-refractivity contribution in [3.63, 3.8) is 0 Å². The minimum atomic E-state index is 0.0182. The molecule has 0 spiro atoms. The molecule has 2 aromatic rings. The second kappa shape index (κ2) is 4.71. The molecule has 3 heterocycles. The summed E-state index contributed by atoms with van der Waals surface area (Å²) in [6.45, 7) is 4.84. The molecular formula is C14H19N3O. The van der Waals surface area contributed by atoms with E-state index in [1.54, 1.807) is 0 Å². The maximum absolute atomic E-state index is 5.76. The smallest absolute Gasteiger partial charge is 0.137 e. The molecule has 0 radical (unpaired) electrons. The molecule has 0 amide bonds. The molecule has 0 aliphatic carbocycles. The van der Waals surface area contributed by atoms with Crippen LogP contribution in [0.2, 0.25) is 0 Å². The number of hydrogen-bond donors (Lipinski definition) is 2. The van der Waals surface area contributed by atoms with Crippen LogP contribution in [-0.4, -0.2) is 28.7 Å². The van der Waals surface area contributed by atoms with Crippen LogP contribution in [0, 0.1) is 0 Å². The maximum atomic E-state index is 5.76. The lowest BCUT2D eigenvalue weighted by Gasteiger charge is -2.23. The molecule has 1 aliphatic heterocycles. The van der Waals surface area contributed by atoms with Crippen LogP contribution in [0.4, 0.5) is 0 Å². The van der Waals surface area contributed by atoms with Crippen molar-refractivity contribution in [2.24, 2.45) is 0 Å². The second-order valence-corrected chi connectivity index (χ2v) is 5.22. The van der Waals surface area contributed by atoms with E-state index < -0.39 is 0 Å². The van der Waals surface area contributed by atoms with Gasteiger partial charge < -0.3 is 15.0 Å². The predicted molar refractivity (Wildman–Crippen MR) is 71.4 cm³/mol. The van der Waals surface area contributed by atoms with Gasteiger partial charge in [-0.15, -0.1) is 0 Å². The van der Waals surface area contributed by atoms with Gasteiger partial charge in [0.2, 0.25) is 0 Å². The summed E-state index contributed by atoms with van der Waals surface area (Å²) in [6.07, 6.45) is 6.16. The maximum Gasteiger partial charge on any atom is 0.137 e. The Labute approximate surface area is 107 Å². The zero-order valence-electron chi connectivity index (χ0n) is 10.7. The van der Waals surface area contributed by atoms with Crippen LogP contribution in [0.5, 0.6) is 0 Å². The summed E-state index contributed by atoms with van der Waals surface area (Å²) in [6, 6.07) is 4.07. The molecule has 1 aliphatic rings. The van der Waals surface area contributed by atoms with Gasteiger partial charge in [-0.05, 0) is 37.5 Å². The van der Waals surface area contributed by atoms with Gasteiger partial charge in [0.1, 0.15) is 5.65 Å². The average Bonchev–Trinajstić information content (AvgIpc) is 2.97. The van der Waals surface area contributed by atoms with E-state index in [1.807, 2.05) is 18.5 Å². The van der Waals surface area contributed by atoms with E-state index in [9.17, 15) is 0 Å². The molecule has 1 unspecified atom stereocenters. The number of nitrogens with zero attached hydrogens (tertiary/aromatic N) is 1. The molecule has 1 atom stereocenters. The topological polar surface area (TPSA) is 49.9 Å². The van der Waals surface area contributed by atoms with Crippen molar-refractivity contribution in [1.29, 1.82) is 0 Å². The van der Waals surface area contributed by atoms with Gasteiger partial charge >= 0.3 is 0 Å². The van der Waals surface area contributed by atoms with Crippen molar-refractivity contribution in [3.8, 4) is 0 Å². The summed E-state index contributed by atoms with van der Waals surface area (Å²) in [7, 11) is 0. The van der Waals surface area contributed by atoms with Crippen molar-refractivity contribution >= 4 is 11.0 Å². The lowest BCUT2D eigenvalue weighted by Crippen LogP contribution is -2.36. The van der Waals surface area contributed by atoms with E-state index in [-0.39, 0.29) is 5.60 Å². The molecule has 2 aromatic heterocycles. The third-order valence-corrected chi connectivity index (χ3v) is 3.65. The fourth-order valence-electron chi connectivity index (χ4n) is 2.60. The number of nitrogens with one attached hydrogen (secondary N) is 2. The third kappa shape index (κ3) is 2.26. The highest BCUT2D eigenvalue weighted by Crippen LogP contribution is 2.24. The van der Waals surface area contributed by atoms with E-state index in [0.717, 1.165) is 31.8 Å². The second-order valence-electron chi connectivity index (χ2n) is 5.22. The zero-order chi connectivity index (χ0) is 12.4. The highest BCUT2D eigenvalue weighted by molar-refractivity contribution is 5.79. The number of aromatic amines is 1. The van der Waals surface area contributed by atoms with Gasteiger partial charge in [0, 0.05) is 37.5 Å². The third-order valence-electron chi connectivity index (χ3n) is 3.65. The first-order valence-electron chi connectivity index (χ1n) is 6.53. The molecular weight excluding hydrogens is 226 g/mol. The number of ether oxygens (including phenoxy) is 1. The minimum Gasteiger partial charge on any atom is -0.374 e. The van der Waals surface area contributed by atoms with Crippen molar-refractivity contribution in [2.75, 3.05) is 13.2 Å². The first kappa shape index (κ1) is 11.7. The van der Waals surface area contributed by atoms with Gasteiger partial charge in [-0.25, -0.2) is 4.98 Å². The largest absolute Gasteiger partial charge is 0.374 e. The lowest BCUT2D eigenvalue weighted by atomic mass is 10.0. The molecule has 0 saturated carbocycles. The molecule has 4 nitrogen and oxygen atoms in total. The van der Waals surface area contributed by atoms with Gasteiger partial charge in [0.15, 0.2) is 0 Å². The summed E-state index contributed by atoms with van der Waals surface area (Å²) in [5.74, 6) is 0. The SMILES string of the molecule is CC1(CNCc2c[nH]c3ncccc23)CCCO1. The number of fused-ring (bicyclic) bond motifs is 1. The van der Waals surface area contributed by atoms with Crippen LogP contribution >= 0.6 is 0 Å². The van der Waals surface area contributed by atoms with Gasteiger partial charge in [-0.1, -0.05) is 0 Å². The van der Waals surface area contributed by atoms with Crippen LogP contribution in [0.25, 0.3) is 11.0 Å². The summed E-state index contributed by atoms with van der Waals surface area (Å²) >= 11 is 0. The molecule has 2 N–H and O–H groups in total. The number of aromatic nitrogens is 2. The van der Waals surface area contributed by atoms with Crippen LogP contribution in [0.3, 0.4) is 0 Å². The Morgan fingerprint density at radius 1 is 1.56 bits per heavy atom. The molecule has 18 heavy (non-hydrogen) atoms. The first-order chi connectivity index (χ1) is 8.77.